The summed E-state index contributed by atoms with van der Waals surface area (Å²) in [6, 6.07) is 1.68. The molecule has 0 bridgehead atoms. The van der Waals surface area contributed by atoms with Crippen LogP contribution in [0, 0.1) is 6.92 Å². The molecule has 6 nitrogen and oxygen atoms in total. The van der Waals surface area contributed by atoms with Crippen molar-refractivity contribution in [3.63, 3.8) is 0 Å². The number of halogens is 3. The third kappa shape index (κ3) is 4.19. The van der Waals surface area contributed by atoms with Crippen molar-refractivity contribution < 1.29 is 22.7 Å². The minimum absolute atomic E-state index is 0.182. The zero-order chi connectivity index (χ0) is 17.9. The fourth-order valence-corrected chi connectivity index (χ4v) is 2.80. The maximum absolute atomic E-state index is 12.5. The first-order chi connectivity index (χ1) is 11.2. The van der Waals surface area contributed by atoms with Gasteiger partial charge < -0.3 is 10.1 Å². The van der Waals surface area contributed by atoms with Gasteiger partial charge in [-0.25, -0.2) is 9.78 Å². The summed E-state index contributed by atoms with van der Waals surface area (Å²) in [5.41, 5.74) is -0.518. The van der Waals surface area contributed by atoms with Crippen molar-refractivity contribution >= 4 is 23.1 Å². The second kappa shape index (κ2) is 7.12. The SMILES string of the molecule is CCOC(=O)c1sc(C(C)Nc2ccc(C(F)(F)F)nn2)nc1C. The lowest BCUT2D eigenvalue weighted by Crippen LogP contribution is -2.12. The zero-order valence-electron chi connectivity index (χ0n) is 13.1. The number of anilines is 1. The minimum Gasteiger partial charge on any atom is -0.462 e. The van der Waals surface area contributed by atoms with E-state index in [4.69, 9.17) is 4.74 Å². The Balaban J connectivity index is 2.11. The Bertz CT molecular complexity index is 716. The average Bonchev–Trinajstić information content (AvgIpc) is 2.89. The van der Waals surface area contributed by atoms with Crippen LogP contribution in [0.15, 0.2) is 12.1 Å². The topological polar surface area (TPSA) is 77.0 Å². The molecule has 0 aliphatic carbocycles. The van der Waals surface area contributed by atoms with Crippen LogP contribution in [0.1, 0.15) is 46.0 Å². The lowest BCUT2D eigenvalue weighted by Gasteiger charge is -2.12. The molecule has 130 valence electrons. The number of nitrogens with one attached hydrogen (secondary N) is 1. The van der Waals surface area contributed by atoms with Gasteiger partial charge in [-0.1, -0.05) is 0 Å². The summed E-state index contributed by atoms with van der Waals surface area (Å²) < 4.78 is 42.3. The van der Waals surface area contributed by atoms with Crippen LogP contribution >= 0.6 is 11.3 Å². The predicted octanol–water partition coefficient (Wildman–Crippen LogP) is 3.61. The van der Waals surface area contributed by atoms with Crippen molar-refractivity contribution in [3.8, 4) is 0 Å². The van der Waals surface area contributed by atoms with E-state index >= 15 is 0 Å². The normalized spacial score (nSPS) is 12.8. The summed E-state index contributed by atoms with van der Waals surface area (Å²) in [7, 11) is 0. The van der Waals surface area contributed by atoms with Gasteiger partial charge in [0.05, 0.1) is 18.3 Å². The van der Waals surface area contributed by atoms with E-state index in [1.165, 1.54) is 17.4 Å². The van der Waals surface area contributed by atoms with Crippen LogP contribution in [-0.4, -0.2) is 27.8 Å². The van der Waals surface area contributed by atoms with Crippen LogP contribution in [0.5, 0.6) is 0 Å². The molecule has 24 heavy (non-hydrogen) atoms. The highest BCUT2D eigenvalue weighted by molar-refractivity contribution is 7.13. The molecule has 2 aromatic heterocycles. The molecule has 1 N–H and O–H groups in total. The fraction of sp³-hybridized carbons (Fsp3) is 0.429. The quantitative estimate of drug-likeness (QED) is 0.821. The Morgan fingerprint density at radius 2 is 2.08 bits per heavy atom. The van der Waals surface area contributed by atoms with Gasteiger partial charge in [-0.2, -0.15) is 13.2 Å². The molecule has 0 amide bonds. The molecule has 0 aliphatic heterocycles. The fourth-order valence-electron chi connectivity index (χ4n) is 1.83. The number of rotatable bonds is 5. The first kappa shape index (κ1) is 18.1. The molecular formula is C14H15F3N4O2S. The third-order valence-corrected chi connectivity index (χ3v) is 4.28. The van der Waals surface area contributed by atoms with E-state index in [0.717, 1.165) is 6.07 Å². The molecule has 0 saturated heterocycles. The van der Waals surface area contributed by atoms with Gasteiger partial charge in [0.15, 0.2) is 5.69 Å². The molecule has 2 aromatic rings. The van der Waals surface area contributed by atoms with E-state index in [-0.39, 0.29) is 18.5 Å². The zero-order valence-corrected chi connectivity index (χ0v) is 14.0. The van der Waals surface area contributed by atoms with Crippen LogP contribution in [0.25, 0.3) is 0 Å². The lowest BCUT2D eigenvalue weighted by molar-refractivity contribution is -0.141. The molecule has 0 spiro atoms. The number of hydrogen-bond acceptors (Lipinski definition) is 7. The third-order valence-electron chi connectivity index (χ3n) is 2.96. The Morgan fingerprint density at radius 1 is 1.38 bits per heavy atom. The highest BCUT2D eigenvalue weighted by atomic mass is 32.1. The summed E-state index contributed by atoms with van der Waals surface area (Å²) in [5, 5.41) is 10.1. The molecule has 2 rings (SSSR count). The number of carbonyl (C=O) groups excluding carboxylic acids is 1. The summed E-state index contributed by atoms with van der Waals surface area (Å²) >= 11 is 1.17. The largest absolute Gasteiger partial charge is 0.462 e. The second-order valence-corrected chi connectivity index (χ2v) is 5.89. The number of carbonyl (C=O) groups is 1. The molecular weight excluding hydrogens is 345 g/mol. The molecule has 0 radical (unpaired) electrons. The Kier molecular flexibility index (Phi) is 5.37. The average molecular weight is 360 g/mol. The van der Waals surface area contributed by atoms with Crippen molar-refractivity contribution in [2.24, 2.45) is 0 Å². The summed E-state index contributed by atoms with van der Waals surface area (Å²) in [6.45, 7) is 5.42. The summed E-state index contributed by atoms with van der Waals surface area (Å²) in [4.78, 5) is 16.5. The number of aryl methyl sites for hydroxylation is 1. The monoisotopic (exact) mass is 360 g/mol. The maximum atomic E-state index is 12.5. The van der Waals surface area contributed by atoms with Gasteiger partial charge in [-0.3, -0.25) is 0 Å². The summed E-state index contributed by atoms with van der Waals surface area (Å²) in [5.74, 6) is -0.263. The molecule has 1 atom stereocenters. The van der Waals surface area contributed by atoms with Crippen molar-refractivity contribution in [3.05, 3.63) is 33.4 Å². The van der Waals surface area contributed by atoms with Crippen LogP contribution in [0.2, 0.25) is 0 Å². The van der Waals surface area contributed by atoms with E-state index < -0.39 is 17.8 Å². The number of alkyl halides is 3. The van der Waals surface area contributed by atoms with E-state index in [1.54, 1.807) is 20.8 Å². The van der Waals surface area contributed by atoms with Crippen LogP contribution in [0.4, 0.5) is 19.0 Å². The molecule has 10 heteroatoms. The van der Waals surface area contributed by atoms with Gasteiger partial charge in [0.1, 0.15) is 15.7 Å². The maximum Gasteiger partial charge on any atom is 0.435 e. The molecule has 1 unspecified atom stereocenters. The number of esters is 1. The predicted molar refractivity (Wildman–Crippen MR) is 81.9 cm³/mol. The Hall–Kier alpha value is -2.23. The van der Waals surface area contributed by atoms with Gasteiger partial charge in [0.25, 0.3) is 0 Å². The highest BCUT2D eigenvalue weighted by Crippen LogP contribution is 2.29. The van der Waals surface area contributed by atoms with E-state index in [1.807, 2.05) is 0 Å². The van der Waals surface area contributed by atoms with Crippen LogP contribution in [-0.2, 0) is 10.9 Å². The highest BCUT2D eigenvalue weighted by Gasteiger charge is 2.33. The number of aromatic nitrogens is 3. The molecule has 0 saturated carbocycles. The van der Waals surface area contributed by atoms with Gasteiger partial charge in [-0.05, 0) is 32.9 Å². The number of ether oxygens (including phenoxy) is 1. The van der Waals surface area contributed by atoms with E-state index in [2.05, 4.69) is 20.5 Å². The van der Waals surface area contributed by atoms with Crippen LogP contribution in [0.3, 0.4) is 0 Å². The first-order valence-electron chi connectivity index (χ1n) is 7.04. The van der Waals surface area contributed by atoms with Gasteiger partial charge >= 0.3 is 12.1 Å². The number of thiazole rings is 1. The van der Waals surface area contributed by atoms with Gasteiger partial charge in [-0.15, -0.1) is 21.5 Å². The lowest BCUT2D eigenvalue weighted by atomic mass is 10.3. The van der Waals surface area contributed by atoms with Crippen molar-refractivity contribution in [2.75, 3.05) is 11.9 Å². The van der Waals surface area contributed by atoms with E-state index in [9.17, 15) is 18.0 Å². The smallest absolute Gasteiger partial charge is 0.435 e. The molecule has 2 heterocycles. The molecule has 0 aromatic carbocycles. The molecule has 0 fully saturated rings. The number of hydrogen-bond donors (Lipinski definition) is 1. The second-order valence-electron chi connectivity index (χ2n) is 4.85. The van der Waals surface area contributed by atoms with E-state index in [0.29, 0.717) is 15.6 Å². The van der Waals surface area contributed by atoms with Gasteiger partial charge in [0.2, 0.25) is 0 Å². The van der Waals surface area contributed by atoms with Crippen molar-refractivity contribution in [1.29, 1.82) is 0 Å². The Labute approximate surface area is 140 Å². The van der Waals surface area contributed by atoms with Crippen molar-refractivity contribution in [2.45, 2.75) is 33.0 Å². The standard InChI is InChI=1S/C14H15F3N4O2S/c1-4-23-13(22)11-7(2)19-12(24-11)8(3)18-10-6-5-9(20-21-10)14(15,16)17/h5-6,8H,4H2,1-3H3,(H,18,21). The van der Waals surface area contributed by atoms with Crippen molar-refractivity contribution in [1.82, 2.24) is 15.2 Å². The van der Waals surface area contributed by atoms with Crippen LogP contribution < -0.4 is 5.32 Å². The number of nitrogens with zero attached hydrogens (tertiary/aromatic N) is 3. The summed E-state index contributed by atoms with van der Waals surface area (Å²) in [6.07, 6.45) is -4.53. The van der Waals surface area contributed by atoms with Gasteiger partial charge in [0, 0.05) is 0 Å². The first-order valence-corrected chi connectivity index (χ1v) is 7.86. The molecule has 0 aliphatic rings. The Morgan fingerprint density at radius 3 is 2.62 bits per heavy atom. The minimum atomic E-state index is -4.53.